The van der Waals surface area contributed by atoms with Gasteiger partial charge in [-0.1, -0.05) is 35.9 Å². The SMILES string of the molecule is Cc1ccc(NC(=S)N(CCc2cncn2Cc2ccc(C#N)cc2)Cc2c(F)cccc2F)cc1Cl. The van der Waals surface area contributed by atoms with E-state index < -0.39 is 11.6 Å². The molecule has 0 bridgehead atoms. The van der Waals surface area contributed by atoms with Crippen molar-refractivity contribution < 1.29 is 8.78 Å². The number of imidazole rings is 1. The van der Waals surface area contributed by atoms with Crippen LogP contribution < -0.4 is 5.32 Å². The van der Waals surface area contributed by atoms with E-state index in [0.29, 0.717) is 40.9 Å². The lowest BCUT2D eigenvalue weighted by molar-refractivity contribution is 0.396. The summed E-state index contributed by atoms with van der Waals surface area (Å²) in [6, 6.07) is 18.8. The van der Waals surface area contributed by atoms with E-state index in [1.165, 1.54) is 18.2 Å². The van der Waals surface area contributed by atoms with Gasteiger partial charge in [0.05, 0.1) is 24.5 Å². The maximum Gasteiger partial charge on any atom is 0.173 e. The number of rotatable bonds is 8. The van der Waals surface area contributed by atoms with Crippen LogP contribution in [0.15, 0.2) is 73.2 Å². The van der Waals surface area contributed by atoms with Gasteiger partial charge in [-0.05, 0) is 66.7 Å². The minimum Gasteiger partial charge on any atom is -0.344 e. The second-order valence-corrected chi connectivity index (χ2v) is 9.38. The third-order valence-corrected chi connectivity index (χ3v) is 6.76. The Kier molecular flexibility index (Phi) is 8.49. The lowest BCUT2D eigenvalue weighted by atomic mass is 10.1. The Hall–Kier alpha value is -3.80. The second kappa shape index (κ2) is 12.0. The van der Waals surface area contributed by atoms with E-state index in [2.05, 4.69) is 16.4 Å². The Balaban J connectivity index is 1.52. The highest BCUT2D eigenvalue weighted by Crippen LogP contribution is 2.22. The summed E-state index contributed by atoms with van der Waals surface area (Å²) >= 11 is 11.9. The van der Waals surface area contributed by atoms with Crippen molar-refractivity contribution in [2.24, 2.45) is 0 Å². The standard InChI is InChI=1S/C28H24ClF2N5S/c1-19-5-10-22(13-25(19)29)34-28(37)35(17-24-26(30)3-2-4-27(24)31)12-11-23-15-33-18-36(23)16-21-8-6-20(14-32)7-9-21/h2-10,13,15,18H,11-12,16-17H2,1H3,(H,34,37). The first-order valence-electron chi connectivity index (χ1n) is 11.6. The lowest BCUT2D eigenvalue weighted by Gasteiger charge is -2.27. The first-order valence-corrected chi connectivity index (χ1v) is 12.4. The zero-order valence-corrected chi connectivity index (χ0v) is 21.7. The Labute approximate surface area is 224 Å². The average Bonchev–Trinajstić information content (AvgIpc) is 3.32. The molecule has 1 aromatic heterocycles. The maximum atomic E-state index is 14.5. The van der Waals surface area contributed by atoms with Crippen molar-refractivity contribution in [2.45, 2.75) is 26.4 Å². The van der Waals surface area contributed by atoms with Gasteiger partial charge in [-0.2, -0.15) is 5.26 Å². The summed E-state index contributed by atoms with van der Waals surface area (Å²) in [6.45, 7) is 2.82. The van der Waals surface area contributed by atoms with Crippen LogP contribution in [0.4, 0.5) is 14.5 Å². The highest BCUT2D eigenvalue weighted by atomic mass is 35.5. The van der Waals surface area contributed by atoms with Crippen molar-refractivity contribution in [1.82, 2.24) is 14.5 Å². The van der Waals surface area contributed by atoms with Crippen LogP contribution in [0.5, 0.6) is 0 Å². The van der Waals surface area contributed by atoms with Crippen molar-refractivity contribution in [1.29, 1.82) is 5.26 Å². The van der Waals surface area contributed by atoms with E-state index >= 15 is 0 Å². The molecule has 9 heteroatoms. The van der Waals surface area contributed by atoms with Crippen molar-refractivity contribution in [3.05, 3.63) is 118 Å². The maximum absolute atomic E-state index is 14.5. The minimum absolute atomic E-state index is 0.0479. The Morgan fingerprint density at radius 1 is 1.14 bits per heavy atom. The summed E-state index contributed by atoms with van der Waals surface area (Å²) < 4.78 is 31.0. The van der Waals surface area contributed by atoms with Crippen LogP contribution in [-0.2, 0) is 19.5 Å². The van der Waals surface area contributed by atoms with Crippen LogP contribution in [0, 0.1) is 29.9 Å². The normalized spacial score (nSPS) is 10.7. The van der Waals surface area contributed by atoms with Gasteiger partial charge in [0, 0.05) is 47.7 Å². The molecular weight excluding hydrogens is 512 g/mol. The molecule has 3 aromatic carbocycles. The van der Waals surface area contributed by atoms with Crippen LogP contribution in [0.3, 0.4) is 0 Å². The third-order valence-electron chi connectivity index (χ3n) is 5.99. The molecule has 0 saturated heterocycles. The zero-order valence-electron chi connectivity index (χ0n) is 20.1. The monoisotopic (exact) mass is 535 g/mol. The smallest absolute Gasteiger partial charge is 0.173 e. The van der Waals surface area contributed by atoms with Gasteiger partial charge in [-0.15, -0.1) is 0 Å². The summed E-state index contributed by atoms with van der Waals surface area (Å²) in [5.74, 6) is -1.26. The molecule has 0 aliphatic carbocycles. The van der Waals surface area contributed by atoms with Crippen molar-refractivity contribution in [3.8, 4) is 6.07 Å². The van der Waals surface area contributed by atoms with Gasteiger partial charge in [0.25, 0.3) is 0 Å². The summed E-state index contributed by atoms with van der Waals surface area (Å²) in [7, 11) is 0. The molecule has 0 atom stereocenters. The largest absolute Gasteiger partial charge is 0.344 e. The quantitative estimate of drug-likeness (QED) is 0.261. The first kappa shape index (κ1) is 26.3. The fourth-order valence-electron chi connectivity index (χ4n) is 3.83. The van der Waals surface area contributed by atoms with Crippen molar-refractivity contribution in [2.75, 3.05) is 11.9 Å². The number of anilines is 1. The lowest BCUT2D eigenvalue weighted by Crippen LogP contribution is -2.36. The van der Waals surface area contributed by atoms with E-state index in [-0.39, 0.29) is 12.1 Å². The molecule has 1 heterocycles. The zero-order chi connectivity index (χ0) is 26.4. The van der Waals surface area contributed by atoms with Gasteiger partial charge in [0.1, 0.15) is 11.6 Å². The van der Waals surface area contributed by atoms with E-state index in [0.717, 1.165) is 16.8 Å². The van der Waals surface area contributed by atoms with Crippen LogP contribution >= 0.6 is 23.8 Å². The Morgan fingerprint density at radius 2 is 1.86 bits per heavy atom. The fourth-order valence-corrected chi connectivity index (χ4v) is 4.28. The Morgan fingerprint density at radius 3 is 2.54 bits per heavy atom. The minimum atomic E-state index is -0.628. The molecule has 1 N–H and O–H groups in total. The summed E-state index contributed by atoms with van der Waals surface area (Å²) in [5, 5.41) is 13.1. The van der Waals surface area contributed by atoms with E-state index in [9.17, 15) is 8.78 Å². The third kappa shape index (κ3) is 6.70. The molecule has 0 aliphatic heterocycles. The van der Waals surface area contributed by atoms with Gasteiger partial charge in [-0.3, -0.25) is 0 Å². The molecule has 4 rings (SSSR count). The molecule has 0 fully saturated rings. The average molecular weight is 536 g/mol. The number of aryl methyl sites for hydroxylation is 1. The molecule has 0 radical (unpaired) electrons. The van der Waals surface area contributed by atoms with E-state index in [4.69, 9.17) is 29.1 Å². The summed E-state index contributed by atoms with van der Waals surface area (Å²) in [4.78, 5) is 6.01. The summed E-state index contributed by atoms with van der Waals surface area (Å²) in [5.41, 5.74) is 4.12. The molecule has 188 valence electrons. The van der Waals surface area contributed by atoms with E-state index in [1.54, 1.807) is 35.6 Å². The molecule has 0 aliphatic rings. The number of nitrogens with zero attached hydrogens (tertiary/aromatic N) is 4. The van der Waals surface area contributed by atoms with Crippen LogP contribution in [0.2, 0.25) is 5.02 Å². The Bertz CT molecular complexity index is 1430. The van der Waals surface area contributed by atoms with Crippen molar-refractivity contribution >= 4 is 34.6 Å². The highest BCUT2D eigenvalue weighted by molar-refractivity contribution is 7.80. The number of nitrogens with one attached hydrogen (secondary N) is 1. The predicted molar refractivity (Wildman–Crippen MR) is 145 cm³/mol. The fraction of sp³-hybridized carbons (Fsp3) is 0.179. The molecule has 5 nitrogen and oxygen atoms in total. The van der Waals surface area contributed by atoms with E-state index in [1.807, 2.05) is 35.8 Å². The number of hydrogen-bond donors (Lipinski definition) is 1. The molecule has 37 heavy (non-hydrogen) atoms. The number of benzene rings is 3. The van der Waals surface area contributed by atoms with Gasteiger partial charge in [-0.25, -0.2) is 13.8 Å². The van der Waals surface area contributed by atoms with Crippen molar-refractivity contribution in [3.63, 3.8) is 0 Å². The van der Waals surface area contributed by atoms with Crippen LogP contribution in [0.25, 0.3) is 0 Å². The topological polar surface area (TPSA) is 56.9 Å². The van der Waals surface area contributed by atoms with Gasteiger partial charge < -0.3 is 14.8 Å². The number of halogens is 3. The summed E-state index contributed by atoms with van der Waals surface area (Å²) in [6.07, 6.45) is 4.03. The predicted octanol–water partition coefficient (Wildman–Crippen LogP) is 6.48. The van der Waals surface area contributed by atoms with Gasteiger partial charge in [0.15, 0.2) is 5.11 Å². The molecule has 0 saturated carbocycles. The first-order chi connectivity index (χ1) is 17.8. The van der Waals surface area contributed by atoms with Crippen LogP contribution in [-0.4, -0.2) is 26.1 Å². The number of thiocarbonyl (C=S) groups is 1. The highest BCUT2D eigenvalue weighted by Gasteiger charge is 2.18. The molecule has 0 amide bonds. The molecule has 0 unspecified atom stereocenters. The molecular formula is C28H24ClF2N5S. The molecule has 4 aromatic rings. The molecule has 0 spiro atoms. The number of nitriles is 1. The van der Waals surface area contributed by atoms with Crippen LogP contribution in [0.1, 0.15) is 27.9 Å². The van der Waals surface area contributed by atoms with Gasteiger partial charge >= 0.3 is 0 Å². The van der Waals surface area contributed by atoms with Gasteiger partial charge in [0.2, 0.25) is 0 Å². The number of hydrogen-bond acceptors (Lipinski definition) is 3. The number of aromatic nitrogens is 2. The second-order valence-electron chi connectivity index (χ2n) is 8.59.